The van der Waals surface area contributed by atoms with E-state index in [1.807, 2.05) is 37.6 Å². The predicted octanol–water partition coefficient (Wildman–Crippen LogP) is 2.17. The minimum absolute atomic E-state index is 0.616. The molecule has 94 valence electrons. The maximum Gasteiger partial charge on any atom is 0.205 e. The molecule has 1 saturated carbocycles. The zero-order valence-electron chi connectivity index (χ0n) is 10.6. The van der Waals surface area contributed by atoms with Gasteiger partial charge in [0.2, 0.25) is 5.95 Å². The molecule has 2 N–H and O–H groups in total. The Morgan fingerprint density at radius 2 is 2.17 bits per heavy atom. The summed E-state index contributed by atoms with van der Waals surface area (Å²) in [7, 11) is 2.03. The molecule has 18 heavy (non-hydrogen) atoms. The van der Waals surface area contributed by atoms with E-state index >= 15 is 0 Å². The van der Waals surface area contributed by atoms with E-state index in [4.69, 9.17) is 5.73 Å². The molecule has 1 aliphatic rings. The third-order valence-electron chi connectivity index (χ3n) is 3.44. The normalized spacial score (nSPS) is 14.7. The molecule has 4 nitrogen and oxygen atoms in total. The Kier molecular flexibility index (Phi) is 2.70. The number of anilines is 2. The molecule has 1 fully saturated rings. The van der Waals surface area contributed by atoms with Crippen LogP contribution in [0.25, 0.3) is 0 Å². The summed E-state index contributed by atoms with van der Waals surface area (Å²) in [6, 6.07) is 8.67. The summed E-state index contributed by atoms with van der Waals surface area (Å²) in [5.41, 5.74) is 8.06. The number of hydrogen-bond donors (Lipinski definition) is 1. The number of nitrogen functional groups attached to an aromatic ring is 1. The van der Waals surface area contributed by atoms with E-state index < -0.39 is 0 Å². The van der Waals surface area contributed by atoms with Gasteiger partial charge in [0.25, 0.3) is 0 Å². The van der Waals surface area contributed by atoms with Crippen molar-refractivity contribution in [3.8, 4) is 0 Å². The second kappa shape index (κ2) is 4.37. The second-order valence-corrected chi connectivity index (χ2v) is 4.90. The van der Waals surface area contributed by atoms with Gasteiger partial charge in [-0.2, -0.15) is 0 Å². The fraction of sp³-hybridized carbons (Fsp3) is 0.357. The van der Waals surface area contributed by atoms with Gasteiger partial charge in [0, 0.05) is 37.7 Å². The van der Waals surface area contributed by atoms with Crippen molar-refractivity contribution in [2.75, 3.05) is 10.6 Å². The quantitative estimate of drug-likeness (QED) is 0.836. The van der Waals surface area contributed by atoms with Crippen LogP contribution in [-0.4, -0.2) is 15.6 Å². The zero-order valence-corrected chi connectivity index (χ0v) is 10.6. The molecule has 0 aliphatic heterocycles. The summed E-state index contributed by atoms with van der Waals surface area (Å²) in [4.78, 5) is 6.80. The van der Waals surface area contributed by atoms with Gasteiger partial charge in [-0.25, -0.2) is 4.98 Å². The fourth-order valence-corrected chi connectivity index (χ4v) is 2.25. The van der Waals surface area contributed by atoms with Crippen LogP contribution in [-0.2, 0) is 13.6 Å². The van der Waals surface area contributed by atoms with Crippen LogP contribution >= 0.6 is 0 Å². The minimum atomic E-state index is 0.616. The van der Waals surface area contributed by atoms with Crippen LogP contribution in [0.1, 0.15) is 18.4 Å². The molecule has 1 aromatic carbocycles. The molecular formula is C14H18N4. The van der Waals surface area contributed by atoms with Crippen LogP contribution in [0, 0.1) is 0 Å². The first-order valence-corrected chi connectivity index (χ1v) is 6.33. The molecule has 3 rings (SSSR count). The van der Waals surface area contributed by atoms with Crippen LogP contribution in [0.3, 0.4) is 0 Å². The Bertz CT molecular complexity index is 542. The number of benzene rings is 1. The number of imidazole rings is 1. The highest BCUT2D eigenvalue weighted by molar-refractivity contribution is 5.49. The van der Waals surface area contributed by atoms with Crippen LogP contribution in [0.15, 0.2) is 36.7 Å². The van der Waals surface area contributed by atoms with Crippen molar-refractivity contribution in [1.29, 1.82) is 0 Å². The number of nitrogens with two attached hydrogens (primary N) is 1. The molecule has 0 atom stereocenters. The van der Waals surface area contributed by atoms with Crippen LogP contribution in [0.5, 0.6) is 0 Å². The smallest absolute Gasteiger partial charge is 0.205 e. The lowest BCUT2D eigenvalue weighted by Crippen LogP contribution is -2.28. The molecule has 4 heteroatoms. The summed E-state index contributed by atoms with van der Waals surface area (Å²) in [5.74, 6) is 1.03. The molecule has 0 spiro atoms. The van der Waals surface area contributed by atoms with Crippen LogP contribution < -0.4 is 10.6 Å². The monoisotopic (exact) mass is 242 g/mol. The largest absolute Gasteiger partial charge is 0.398 e. The highest BCUT2D eigenvalue weighted by Crippen LogP contribution is 2.32. The summed E-state index contributed by atoms with van der Waals surface area (Å²) in [5, 5.41) is 0. The van der Waals surface area contributed by atoms with Gasteiger partial charge in [-0.1, -0.05) is 18.2 Å². The van der Waals surface area contributed by atoms with Gasteiger partial charge in [-0.15, -0.1) is 0 Å². The Balaban J connectivity index is 1.88. The average Bonchev–Trinajstić information content (AvgIpc) is 3.11. The van der Waals surface area contributed by atoms with E-state index in [1.54, 1.807) is 0 Å². The number of aromatic nitrogens is 2. The lowest BCUT2D eigenvalue weighted by molar-refractivity contribution is 0.728. The number of para-hydroxylation sites is 1. The zero-order chi connectivity index (χ0) is 12.5. The minimum Gasteiger partial charge on any atom is -0.398 e. The van der Waals surface area contributed by atoms with E-state index in [-0.39, 0.29) is 0 Å². The summed E-state index contributed by atoms with van der Waals surface area (Å²) in [6.07, 6.45) is 6.33. The topological polar surface area (TPSA) is 47.1 Å². The fourth-order valence-electron chi connectivity index (χ4n) is 2.25. The van der Waals surface area contributed by atoms with Gasteiger partial charge >= 0.3 is 0 Å². The van der Waals surface area contributed by atoms with Crippen molar-refractivity contribution in [2.24, 2.45) is 7.05 Å². The van der Waals surface area contributed by atoms with Crippen LogP contribution in [0.4, 0.5) is 11.6 Å². The first-order chi connectivity index (χ1) is 8.75. The number of rotatable bonds is 4. The SMILES string of the molecule is Cn1ccnc1N(Cc1ccccc1N)C1CC1. The van der Waals surface area contributed by atoms with Gasteiger partial charge in [0.15, 0.2) is 0 Å². The lowest BCUT2D eigenvalue weighted by Gasteiger charge is -2.24. The van der Waals surface area contributed by atoms with Crippen molar-refractivity contribution in [2.45, 2.75) is 25.4 Å². The standard InChI is InChI=1S/C14H18N4/c1-17-9-8-16-14(17)18(12-6-7-12)10-11-4-2-3-5-13(11)15/h2-5,8-9,12H,6-7,10,15H2,1H3. The maximum atomic E-state index is 6.03. The van der Waals surface area contributed by atoms with Gasteiger partial charge in [0.1, 0.15) is 0 Å². The highest BCUT2D eigenvalue weighted by Gasteiger charge is 2.31. The van der Waals surface area contributed by atoms with Crippen molar-refractivity contribution < 1.29 is 0 Å². The number of aryl methyl sites for hydroxylation is 1. The highest BCUT2D eigenvalue weighted by atomic mass is 15.3. The van der Waals surface area contributed by atoms with Crippen LogP contribution in [0.2, 0.25) is 0 Å². The lowest BCUT2D eigenvalue weighted by atomic mass is 10.1. The first-order valence-electron chi connectivity index (χ1n) is 6.33. The van der Waals surface area contributed by atoms with E-state index in [0.29, 0.717) is 6.04 Å². The van der Waals surface area contributed by atoms with E-state index in [2.05, 4.69) is 20.5 Å². The van der Waals surface area contributed by atoms with Crippen molar-refractivity contribution in [3.63, 3.8) is 0 Å². The molecule has 1 aromatic heterocycles. The molecule has 0 radical (unpaired) electrons. The van der Waals surface area contributed by atoms with E-state index in [9.17, 15) is 0 Å². The van der Waals surface area contributed by atoms with Crippen molar-refractivity contribution >= 4 is 11.6 Å². The summed E-state index contributed by atoms with van der Waals surface area (Å²) >= 11 is 0. The molecule has 0 unspecified atom stereocenters. The average molecular weight is 242 g/mol. The number of nitrogens with zero attached hydrogens (tertiary/aromatic N) is 3. The van der Waals surface area contributed by atoms with Crippen molar-refractivity contribution in [3.05, 3.63) is 42.2 Å². The molecule has 1 heterocycles. The van der Waals surface area contributed by atoms with E-state index in [0.717, 1.165) is 18.2 Å². The van der Waals surface area contributed by atoms with E-state index in [1.165, 1.54) is 18.4 Å². The molecule has 0 bridgehead atoms. The predicted molar refractivity (Wildman–Crippen MR) is 73.3 cm³/mol. The maximum absolute atomic E-state index is 6.03. The van der Waals surface area contributed by atoms with Gasteiger partial charge in [-0.3, -0.25) is 0 Å². The molecule has 1 aliphatic carbocycles. The molecule has 0 amide bonds. The Morgan fingerprint density at radius 1 is 1.39 bits per heavy atom. The molecule has 2 aromatic rings. The van der Waals surface area contributed by atoms with Crippen molar-refractivity contribution in [1.82, 2.24) is 9.55 Å². The molecule has 0 saturated heterocycles. The third-order valence-corrected chi connectivity index (χ3v) is 3.44. The first kappa shape index (κ1) is 11.1. The summed E-state index contributed by atoms with van der Waals surface area (Å²) < 4.78 is 2.07. The third kappa shape index (κ3) is 2.06. The summed E-state index contributed by atoms with van der Waals surface area (Å²) in [6.45, 7) is 0.836. The Hall–Kier alpha value is -1.97. The van der Waals surface area contributed by atoms with Gasteiger partial charge in [0.05, 0.1) is 0 Å². The Labute approximate surface area is 107 Å². The Morgan fingerprint density at radius 3 is 2.78 bits per heavy atom. The van der Waals surface area contributed by atoms with Gasteiger partial charge in [-0.05, 0) is 24.5 Å². The number of hydrogen-bond acceptors (Lipinski definition) is 3. The van der Waals surface area contributed by atoms with Gasteiger partial charge < -0.3 is 15.2 Å². The molecular weight excluding hydrogens is 224 g/mol. The second-order valence-electron chi connectivity index (χ2n) is 4.90.